The Labute approximate surface area is 157 Å². The lowest BCUT2D eigenvalue weighted by molar-refractivity contribution is -0.127. The van der Waals surface area contributed by atoms with E-state index in [9.17, 15) is 4.79 Å². The number of hydrogen-bond acceptors (Lipinski definition) is 5. The van der Waals surface area contributed by atoms with Gasteiger partial charge in [0, 0.05) is 32.7 Å². The fourth-order valence-electron chi connectivity index (χ4n) is 2.77. The fraction of sp³-hybridized carbons (Fsp3) is 0.389. The summed E-state index contributed by atoms with van der Waals surface area (Å²) >= 11 is 7.50. The van der Waals surface area contributed by atoms with Gasteiger partial charge in [-0.1, -0.05) is 53.7 Å². The summed E-state index contributed by atoms with van der Waals surface area (Å²) in [6.45, 7) is 2.45. The first-order valence-corrected chi connectivity index (χ1v) is 9.68. The van der Waals surface area contributed by atoms with E-state index in [2.05, 4.69) is 22.1 Å². The van der Waals surface area contributed by atoms with Gasteiger partial charge in [0.1, 0.15) is 11.0 Å². The summed E-state index contributed by atoms with van der Waals surface area (Å²) in [7, 11) is 1.97. The van der Waals surface area contributed by atoms with Gasteiger partial charge in [0.05, 0.1) is 5.75 Å². The number of benzene rings is 1. The van der Waals surface area contributed by atoms with Crippen LogP contribution in [0.4, 0.5) is 5.82 Å². The molecular formula is C18H21ClN4OS. The Morgan fingerprint density at radius 1 is 1.24 bits per heavy atom. The zero-order valence-corrected chi connectivity index (χ0v) is 15.8. The third-order valence-electron chi connectivity index (χ3n) is 4.10. The number of nitrogens with zero attached hydrogens (tertiary/aromatic N) is 4. The van der Waals surface area contributed by atoms with Crippen LogP contribution in [0.5, 0.6) is 0 Å². The molecule has 0 aliphatic carbocycles. The summed E-state index contributed by atoms with van der Waals surface area (Å²) in [5, 5.41) is 0.927. The number of halogens is 1. The number of carbonyl (C=O) groups is 1. The Balaban J connectivity index is 1.64. The summed E-state index contributed by atoms with van der Waals surface area (Å²) < 4.78 is 0. The van der Waals surface area contributed by atoms with Crippen LogP contribution in [0.15, 0.2) is 41.6 Å². The van der Waals surface area contributed by atoms with E-state index in [0.29, 0.717) is 16.1 Å². The molecule has 0 N–H and O–H groups in total. The second kappa shape index (κ2) is 8.54. The van der Waals surface area contributed by atoms with Crippen LogP contribution in [-0.2, 0) is 11.3 Å². The number of anilines is 1. The maximum absolute atomic E-state index is 12.2. The van der Waals surface area contributed by atoms with E-state index in [0.717, 1.165) is 38.3 Å². The van der Waals surface area contributed by atoms with Gasteiger partial charge in [0.15, 0.2) is 5.16 Å². The van der Waals surface area contributed by atoms with Crippen molar-refractivity contribution in [3.05, 3.63) is 47.1 Å². The van der Waals surface area contributed by atoms with E-state index >= 15 is 0 Å². The van der Waals surface area contributed by atoms with Crippen LogP contribution in [0.25, 0.3) is 0 Å². The highest BCUT2D eigenvalue weighted by Crippen LogP contribution is 2.23. The van der Waals surface area contributed by atoms with Gasteiger partial charge >= 0.3 is 0 Å². The molecule has 1 saturated heterocycles. The lowest BCUT2D eigenvalue weighted by Gasteiger charge is -2.19. The average Bonchev–Trinajstić information content (AvgIpc) is 3.15. The van der Waals surface area contributed by atoms with Gasteiger partial charge in [0.2, 0.25) is 5.91 Å². The maximum Gasteiger partial charge on any atom is 0.233 e. The number of thioether (sulfide) groups is 1. The molecule has 1 aliphatic rings. The molecule has 3 rings (SSSR count). The number of rotatable bonds is 6. The molecule has 1 aliphatic heterocycles. The van der Waals surface area contributed by atoms with E-state index in [-0.39, 0.29) is 5.91 Å². The molecule has 132 valence electrons. The summed E-state index contributed by atoms with van der Waals surface area (Å²) in [4.78, 5) is 24.9. The van der Waals surface area contributed by atoms with Crippen molar-refractivity contribution >= 4 is 35.1 Å². The van der Waals surface area contributed by atoms with Gasteiger partial charge in [-0.2, -0.15) is 0 Å². The third-order valence-corrected chi connectivity index (χ3v) is 5.12. The van der Waals surface area contributed by atoms with Crippen molar-refractivity contribution in [2.75, 3.05) is 30.8 Å². The van der Waals surface area contributed by atoms with Gasteiger partial charge in [0.25, 0.3) is 0 Å². The quantitative estimate of drug-likeness (QED) is 0.439. The number of carbonyl (C=O) groups excluding carboxylic acids is 1. The van der Waals surface area contributed by atoms with Crippen molar-refractivity contribution < 1.29 is 4.79 Å². The van der Waals surface area contributed by atoms with Crippen LogP contribution < -0.4 is 4.90 Å². The number of amides is 1. The lowest BCUT2D eigenvalue weighted by Crippen LogP contribution is -2.29. The van der Waals surface area contributed by atoms with E-state index in [1.807, 2.05) is 35.0 Å². The minimum atomic E-state index is 0.144. The molecule has 0 radical (unpaired) electrons. The fourth-order valence-corrected chi connectivity index (χ4v) is 3.75. The highest BCUT2D eigenvalue weighted by Gasteiger charge is 2.18. The molecule has 7 heteroatoms. The van der Waals surface area contributed by atoms with Crippen molar-refractivity contribution in [2.45, 2.75) is 24.5 Å². The van der Waals surface area contributed by atoms with E-state index in [1.165, 1.54) is 17.3 Å². The third kappa shape index (κ3) is 5.09. The first-order chi connectivity index (χ1) is 12.1. The standard InChI is InChI=1S/C18H21ClN4OS/c1-22(12-14-7-3-2-4-8-14)16-11-15(19)20-18(21-16)25-13-17(24)23-9-5-6-10-23/h2-4,7-8,11H,5-6,9-10,12-13H2,1H3. The second-order valence-corrected chi connectivity index (χ2v) is 7.38. The van der Waals surface area contributed by atoms with E-state index < -0.39 is 0 Å². The van der Waals surface area contributed by atoms with Crippen molar-refractivity contribution in [1.29, 1.82) is 0 Å². The number of likely N-dealkylation sites (tertiary alicyclic amines) is 1. The first kappa shape index (κ1) is 18.0. The van der Waals surface area contributed by atoms with Gasteiger partial charge < -0.3 is 9.80 Å². The Kier molecular flexibility index (Phi) is 6.15. The molecular weight excluding hydrogens is 356 g/mol. The number of aromatic nitrogens is 2. The van der Waals surface area contributed by atoms with Gasteiger partial charge in [-0.15, -0.1) is 0 Å². The average molecular weight is 377 g/mol. The molecule has 0 saturated carbocycles. The monoisotopic (exact) mass is 376 g/mol. The SMILES string of the molecule is CN(Cc1ccccc1)c1cc(Cl)nc(SCC(=O)N2CCCC2)n1. The minimum absolute atomic E-state index is 0.144. The number of hydrogen-bond donors (Lipinski definition) is 0. The topological polar surface area (TPSA) is 49.3 Å². The smallest absolute Gasteiger partial charge is 0.233 e. The molecule has 25 heavy (non-hydrogen) atoms. The molecule has 0 unspecified atom stereocenters. The molecule has 1 amide bonds. The predicted molar refractivity (Wildman–Crippen MR) is 102 cm³/mol. The summed E-state index contributed by atoms with van der Waals surface area (Å²) in [5.41, 5.74) is 1.19. The van der Waals surface area contributed by atoms with Crippen LogP contribution >= 0.6 is 23.4 Å². The predicted octanol–water partition coefficient (Wildman–Crippen LogP) is 3.48. The molecule has 2 aromatic rings. The van der Waals surface area contributed by atoms with Gasteiger partial charge in [-0.05, 0) is 18.4 Å². The molecule has 0 atom stereocenters. The Bertz CT molecular complexity index is 722. The van der Waals surface area contributed by atoms with Gasteiger partial charge in [-0.25, -0.2) is 9.97 Å². The molecule has 2 heterocycles. The summed E-state index contributed by atoms with van der Waals surface area (Å²) in [6.07, 6.45) is 2.19. The summed E-state index contributed by atoms with van der Waals surface area (Å²) in [6, 6.07) is 11.9. The Morgan fingerprint density at radius 2 is 1.96 bits per heavy atom. The Morgan fingerprint density at radius 3 is 2.68 bits per heavy atom. The van der Waals surface area contributed by atoms with E-state index in [1.54, 1.807) is 6.07 Å². The van der Waals surface area contributed by atoms with Crippen molar-refractivity contribution in [3.8, 4) is 0 Å². The molecule has 1 aromatic carbocycles. The molecule has 0 bridgehead atoms. The van der Waals surface area contributed by atoms with Crippen LogP contribution in [0, 0.1) is 0 Å². The lowest BCUT2D eigenvalue weighted by atomic mass is 10.2. The zero-order valence-electron chi connectivity index (χ0n) is 14.2. The molecule has 5 nitrogen and oxygen atoms in total. The van der Waals surface area contributed by atoms with Crippen molar-refractivity contribution in [1.82, 2.24) is 14.9 Å². The largest absolute Gasteiger partial charge is 0.355 e. The second-order valence-electron chi connectivity index (χ2n) is 6.05. The molecule has 0 spiro atoms. The normalized spacial score (nSPS) is 13.9. The van der Waals surface area contributed by atoms with Crippen LogP contribution in [0.3, 0.4) is 0 Å². The van der Waals surface area contributed by atoms with Crippen molar-refractivity contribution in [3.63, 3.8) is 0 Å². The molecule has 1 fully saturated rings. The van der Waals surface area contributed by atoms with Crippen LogP contribution in [-0.4, -0.2) is 46.7 Å². The summed E-state index contributed by atoms with van der Waals surface area (Å²) in [5.74, 6) is 1.24. The Hall–Kier alpha value is -1.79. The molecule has 1 aromatic heterocycles. The minimum Gasteiger partial charge on any atom is -0.355 e. The highest BCUT2D eigenvalue weighted by molar-refractivity contribution is 7.99. The van der Waals surface area contributed by atoms with Gasteiger partial charge in [-0.3, -0.25) is 4.79 Å². The van der Waals surface area contributed by atoms with Crippen molar-refractivity contribution in [2.24, 2.45) is 0 Å². The van der Waals surface area contributed by atoms with E-state index in [4.69, 9.17) is 11.6 Å². The zero-order chi connectivity index (χ0) is 17.6. The van der Waals surface area contributed by atoms with Crippen LogP contribution in [0.2, 0.25) is 5.15 Å². The maximum atomic E-state index is 12.2. The first-order valence-electron chi connectivity index (χ1n) is 8.32. The van der Waals surface area contributed by atoms with Crippen LogP contribution in [0.1, 0.15) is 18.4 Å². The highest BCUT2D eigenvalue weighted by atomic mass is 35.5.